The van der Waals surface area contributed by atoms with Crippen LogP contribution in [0.1, 0.15) is 6.92 Å². The van der Waals surface area contributed by atoms with Gasteiger partial charge in [0, 0.05) is 19.2 Å². The topological polar surface area (TPSA) is 93.5 Å². The van der Waals surface area contributed by atoms with Gasteiger partial charge in [0.05, 0.1) is 12.0 Å². The lowest BCUT2D eigenvalue weighted by Crippen LogP contribution is -2.35. The molecule has 0 aliphatic heterocycles. The van der Waals surface area contributed by atoms with Crippen LogP contribution in [0.2, 0.25) is 0 Å². The van der Waals surface area contributed by atoms with Crippen LogP contribution in [0.15, 0.2) is 18.2 Å². The lowest BCUT2D eigenvalue weighted by Gasteiger charge is -2.14. The number of nitrogens with zero attached hydrogens (tertiary/aromatic N) is 1. The number of carbonyl (C=O) groups excluding carboxylic acids is 1. The van der Waals surface area contributed by atoms with E-state index in [1.807, 2.05) is 0 Å². The maximum absolute atomic E-state index is 11.4. The number of amides is 1. The Kier molecular flexibility index (Phi) is 4.47. The normalized spacial score (nSPS) is 11.5. The predicted molar refractivity (Wildman–Crippen MR) is 66.8 cm³/mol. The van der Waals surface area contributed by atoms with Gasteiger partial charge in [0.1, 0.15) is 17.5 Å². The number of nitro groups is 1. The van der Waals surface area contributed by atoms with E-state index in [-0.39, 0.29) is 17.3 Å². The van der Waals surface area contributed by atoms with Crippen molar-refractivity contribution in [2.45, 2.75) is 13.0 Å². The molecular weight excluding hydrogens is 238 g/mol. The number of hydrogen-bond donors (Lipinski definition) is 2. The zero-order valence-electron chi connectivity index (χ0n) is 10.4. The predicted octanol–water partition coefficient (Wildman–Crippen LogP) is 1.15. The van der Waals surface area contributed by atoms with Crippen LogP contribution in [0.5, 0.6) is 5.75 Å². The Bertz CT molecular complexity index is 462. The molecule has 1 atom stereocenters. The molecule has 0 aliphatic carbocycles. The van der Waals surface area contributed by atoms with Crippen LogP contribution in [-0.4, -0.2) is 31.0 Å². The minimum absolute atomic E-state index is 0.105. The van der Waals surface area contributed by atoms with Crippen LogP contribution in [0, 0.1) is 10.1 Å². The van der Waals surface area contributed by atoms with Gasteiger partial charge in [-0.2, -0.15) is 0 Å². The number of likely N-dealkylation sites (N-methyl/N-ethyl adjacent to an activating group) is 1. The van der Waals surface area contributed by atoms with Gasteiger partial charge in [-0.25, -0.2) is 0 Å². The summed E-state index contributed by atoms with van der Waals surface area (Å²) in [6.07, 6.45) is 0. The lowest BCUT2D eigenvalue weighted by atomic mass is 10.2. The Morgan fingerprint density at radius 1 is 1.50 bits per heavy atom. The largest absolute Gasteiger partial charge is 0.497 e. The number of carbonyl (C=O) groups is 1. The molecule has 0 radical (unpaired) electrons. The summed E-state index contributed by atoms with van der Waals surface area (Å²) in [5.74, 6) is 0.222. The summed E-state index contributed by atoms with van der Waals surface area (Å²) in [5.41, 5.74) is 0.141. The minimum Gasteiger partial charge on any atom is -0.497 e. The molecule has 0 aliphatic rings. The summed E-state index contributed by atoms with van der Waals surface area (Å²) in [7, 11) is 2.97. The van der Waals surface area contributed by atoms with Gasteiger partial charge >= 0.3 is 0 Å². The van der Waals surface area contributed by atoms with E-state index in [1.54, 1.807) is 6.92 Å². The van der Waals surface area contributed by atoms with Crippen molar-refractivity contribution < 1.29 is 14.5 Å². The van der Waals surface area contributed by atoms with Crippen molar-refractivity contribution in [2.24, 2.45) is 0 Å². The molecular formula is C11H15N3O4. The summed E-state index contributed by atoms with van der Waals surface area (Å²) in [4.78, 5) is 21.7. The van der Waals surface area contributed by atoms with Crippen LogP contribution in [-0.2, 0) is 4.79 Å². The molecule has 0 bridgehead atoms. The molecule has 2 N–H and O–H groups in total. The third kappa shape index (κ3) is 3.09. The van der Waals surface area contributed by atoms with Crippen molar-refractivity contribution in [1.82, 2.24) is 5.32 Å². The zero-order chi connectivity index (χ0) is 13.7. The van der Waals surface area contributed by atoms with E-state index < -0.39 is 11.0 Å². The van der Waals surface area contributed by atoms with Crippen molar-refractivity contribution in [3.05, 3.63) is 28.3 Å². The highest BCUT2D eigenvalue weighted by Gasteiger charge is 2.18. The molecule has 98 valence electrons. The van der Waals surface area contributed by atoms with Crippen LogP contribution in [0.4, 0.5) is 11.4 Å². The molecule has 1 aromatic carbocycles. The molecule has 18 heavy (non-hydrogen) atoms. The van der Waals surface area contributed by atoms with Gasteiger partial charge in [0.15, 0.2) is 0 Å². The highest BCUT2D eigenvalue weighted by atomic mass is 16.6. The number of rotatable bonds is 5. The SMILES string of the molecule is CNC(=O)C(C)Nc1cc(OC)ccc1[N+](=O)[O-]. The number of hydrogen-bond acceptors (Lipinski definition) is 5. The quantitative estimate of drug-likeness (QED) is 0.606. The summed E-state index contributed by atoms with van der Waals surface area (Å²) < 4.78 is 4.99. The van der Waals surface area contributed by atoms with E-state index in [0.29, 0.717) is 5.75 Å². The van der Waals surface area contributed by atoms with E-state index in [0.717, 1.165) is 0 Å². The Labute approximate surface area is 104 Å². The van der Waals surface area contributed by atoms with Crippen molar-refractivity contribution in [3.8, 4) is 5.75 Å². The fraction of sp³-hybridized carbons (Fsp3) is 0.364. The molecule has 7 heteroatoms. The summed E-state index contributed by atoms with van der Waals surface area (Å²) in [5, 5.41) is 16.1. The third-order valence-electron chi connectivity index (χ3n) is 2.41. The molecule has 1 aromatic rings. The molecule has 0 spiro atoms. The van der Waals surface area contributed by atoms with Gasteiger partial charge in [-0.3, -0.25) is 14.9 Å². The van der Waals surface area contributed by atoms with Crippen LogP contribution in [0.25, 0.3) is 0 Å². The van der Waals surface area contributed by atoms with E-state index >= 15 is 0 Å². The number of nitro benzene ring substituents is 1. The maximum Gasteiger partial charge on any atom is 0.292 e. The highest BCUT2D eigenvalue weighted by molar-refractivity contribution is 5.84. The van der Waals surface area contributed by atoms with Gasteiger partial charge in [-0.15, -0.1) is 0 Å². The molecule has 0 heterocycles. The highest BCUT2D eigenvalue weighted by Crippen LogP contribution is 2.29. The van der Waals surface area contributed by atoms with Gasteiger partial charge in [-0.1, -0.05) is 0 Å². The number of methoxy groups -OCH3 is 1. The first-order valence-corrected chi connectivity index (χ1v) is 5.30. The van der Waals surface area contributed by atoms with E-state index in [9.17, 15) is 14.9 Å². The second-order valence-electron chi connectivity index (χ2n) is 3.62. The van der Waals surface area contributed by atoms with E-state index in [2.05, 4.69) is 10.6 Å². The number of ether oxygens (including phenoxy) is 1. The van der Waals surface area contributed by atoms with Crippen molar-refractivity contribution >= 4 is 17.3 Å². The minimum atomic E-state index is -0.583. The first-order chi connectivity index (χ1) is 8.49. The zero-order valence-corrected chi connectivity index (χ0v) is 10.4. The van der Waals surface area contributed by atoms with Crippen LogP contribution in [0.3, 0.4) is 0 Å². The lowest BCUT2D eigenvalue weighted by molar-refractivity contribution is -0.384. The smallest absolute Gasteiger partial charge is 0.292 e. The molecule has 0 fully saturated rings. The monoisotopic (exact) mass is 253 g/mol. The van der Waals surface area contributed by atoms with Gasteiger partial charge in [0.25, 0.3) is 5.69 Å². The summed E-state index contributed by atoms with van der Waals surface area (Å²) in [6, 6.07) is 3.73. The number of nitrogens with one attached hydrogen (secondary N) is 2. The summed E-state index contributed by atoms with van der Waals surface area (Å²) in [6.45, 7) is 1.61. The van der Waals surface area contributed by atoms with E-state index in [4.69, 9.17) is 4.74 Å². The fourth-order valence-electron chi connectivity index (χ4n) is 1.43. The standard InChI is InChI=1S/C11H15N3O4/c1-7(11(15)12-2)13-9-6-8(18-3)4-5-10(9)14(16)17/h4-7,13H,1-3H3,(H,12,15). The van der Waals surface area contributed by atoms with Crippen molar-refractivity contribution in [1.29, 1.82) is 0 Å². The van der Waals surface area contributed by atoms with Gasteiger partial charge in [0.2, 0.25) is 5.91 Å². The van der Waals surface area contributed by atoms with Gasteiger partial charge in [-0.05, 0) is 13.0 Å². The first kappa shape index (κ1) is 13.8. The second-order valence-corrected chi connectivity index (χ2v) is 3.62. The Balaban J connectivity index is 3.04. The molecule has 0 aromatic heterocycles. The maximum atomic E-state index is 11.4. The summed E-state index contributed by atoms with van der Waals surface area (Å²) >= 11 is 0. The van der Waals surface area contributed by atoms with E-state index in [1.165, 1.54) is 32.4 Å². The Hall–Kier alpha value is -2.31. The molecule has 0 saturated carbocycles. The first-order valence-electron chi connectivity index (χ1n) is 5.30. The average Bonchev–Trinajstić information content (AvgIpc) is 2.37. The molecule has 0 saturated heterocycles. The third-order valence-corrected chi connectivity index (χ3v) is 2.41. The second kappa shape index (κ2) is 5.85. The van der Waals surface area contributed by atoms with Crippen LogP contribution < -0.4 is 15.4 Å². The van der Waals surface area contributed by atoms with Crippen LogP contribution >= 0.6 is 0 Å². The fourth-order valence-corrected chi connectivity index (χ4v) is 1.43. The molecule has 1 rings (SSSR count). The van der Waals surface area contributed by atoms with Gasteiger partial charge < -0.3 is 15.4 Å². The Morgan fingerprint density at radius 2 is 2.17 bits per heavy atom. The molecule has 1 amide bonds. The molecule has 7 nitrogen and oxygen atoms in total. The van der Waals surface area contributed by atoms with Crippen molar-refractivity contribution in [2.75, 3.05) is 19.5 Å². The molecule has 1 unspecified atom stereocenters. The number of anilines is 1. The van der Waals surface area contributed by atoms with Crippen molar-refractivity contribution in [3.63, 3.8) is 0 Å². The number of benzene rings is 1. The average molecular weight is 253 g/mol. The Morgan fingerprint density at radius 3 is 2.67 bits per heavy atom.